The number of aliphatic hydroxyl groups excluding tert-OH is 1. The highest BCUT2D eigenvalue weighted by atomic mass is 16.5. The van der Waals surface area contributed by atoms with Gasteiger partial charge in [0.1, 0.15) is 11.5 Å². The molecular formula is C28H32N2O4. The van der Waals surface area contributed by atoms with Crippen molar-refractivity contribution in [2.45, 2.75) is 53.0 Å². The molecule has 1 saturated heterocycles. The topological polar surface area (TPSA) is 82.6 Å². The number of carbonyl (C=O) groups is 2. The number of ether oxygens (including phenoxy) is 1. The zero-order valence-corrected chi connectivity index (χ0v) is 20.7. The van der Waals surface area contributed by atoms with E-state index in [1.807, 2.05) is 71.0 Å². The summed E-state index contributed by atoms with van der Waals surface area (Å²) in [7, 11) is 1.62. The molecule has 1 aromatic heterocycles. The zero-order chi connectivity index (χ0) is 24.7. The minimum atomic E-state index is -0.667. The molecule has 2 aromatic carbocycles. The number of hydrogen-bond acceptors (Lipinski definition) is 4. The van der Waals surface area contributed by atoms with E-state index in [1.165, 1.54) is 0 Å². The quantitative estimate of drug-likeness (QED) is 0.279. The minimum absolute atomic E-state index is 0.134. The second-order valence-electron chi connectivity index (χ2n) is 9.27. The van der Waals surface area contributed by atoms with E-state index >= 15 is 0 Å². The van der Waals surface area contributed by atoms with Crippen molar-refractivity contribution in [3.05, 3.63) is 69.9 Å². The number of hydrogen-bond donors (Lipinski definition) is 2. The van der Waals surface area contributed by atoms with Gasteiger partial charge in [0.2, 0.25) is 0 Å². The monoisotopic (exact) mass is 460 g/mol. The van der Waals surface area contributed by atoms with Crippen LogP contribution in [0.2, 0.25) is 0 Å². The molecule has 6 heteroatoms. The van der Waals surface area contributed by atoms with Crippen LogP contribution in [0.4, 0.5) is 0 Å². The highest BCUT2D eigenvalue weighted by Crippen LogP contribution is 2.44. The Hall–Kier alpha value is -3.54. The van der Waals surface area contributed by atoms with Crippen LogP contribution in [-0.4, -0.2) is 40.3 Å². The Labute approximate surface area is 200 Å². The highest BCUT2D eigenvalue weighted by molar-refractivity contribution is 6.46. The average Bonchev–Trinajstić information content (AvgIpc) is 3.26. The van der Waals surface area contributed by atoms with Crippen LogP contribution in [0.1, 0.15) is 67.1 Å². The number of nitrogens with one attached hydrogen (secondary N) is 1. The largest absolute Gasteiger partial charge is 0.507 e. The fraction of sp³-hybridized carbons (Fsp3) is 0.357. The molecule has 1 aliphatic rings. The fourth-order valence-electron chi connectivity index (χ4n) is 5.03. The van der Waals surface area contributed by atoms with Crippen LogP contribution < -0.4 is 4.74 Å². The Morgan fingerprint density at radius 3 is 2.53 bits per heavy atom. The van der Waals surface area contributed by atoms with E-state index in [-0.39, 0.29) is 17.3 Å². The maximum Gasteiger partial charge on any atom is 0.295 e. The average molecular weight is 461 g/mol. The Morgan fingerprint density at radius 2 is 1.88 bits per heavy atom. The maximum absolute atomic E-state index is 13.4. The highest BCUT2D eigenvalue weighted by Gasteiger charge is 2.47. The molecule has 1 unspecified atom stereocenters. The van der Waals surface area contributed by atoms with Crippen molar-refractivity contribution >= 4 is 28.4 Å². The molecular weight excluding hydrogens is 428 g/mol. The fourth-order valence-corrected chi connectivity index (χ4v) is 5.03. The molecule has 2 N–H and O–H groups in total. The van der Waals surface area contributed by atoms with E-state index in [9.17, 15) is 14.7 Å². The van der Waals surface area contributed by atoms with Crippen LogP contribution in [0.5, 0.6) is 5.75 Å². The Balaban J connectivity index is 2.02. The van der Waals surface area contributed by atoms with Crippen molar-refractivity contribution in [3.63, 3.8) is 0 Å². The summed E-state index contributed by atoms with van der Waals surface area (Å²) >= 11 is 0. The maximum atomic E-state index is 13.4. The van der Waals surface area contributed by atoms with Crippen LogP contribution in [0.25, 0.3) is 16.7 Å². The number of Topliss-reactive ketones (excluding diaryl/α,β-unsaturated/α-hetero) is 1. The lowest BCUT2D eigenvalue weighted by Crippen LogP contribution is -2.30. The minimum Gasteiger partial charge on any atom is -0.507 e. The molecule has 0 saturated carbocycles. The molecule has 34 heavy (non-hydrogen) atoms. The van der Waals surface area contributed by atoms with E-state index in [1.54, 1.807) is 12.0 Å². The molecule has 3 aromatic rings. The lowest BCUT2D eigenvalue weighted by molar-refractivity contribution is -0.139. The summed E-state index contributed by atoms with van der Waals surface area (Å²) in [5, 5.41) is 12.5. The smallest absolute Gasteiger partial charge is 0.295 e. The number of benzene rings is 2. The standard InChI is InChI=1S/C28H32N2O4/c1-7-12-30-25(23-17(5)29-21-11-9-8-10-18(21)23)24(27(32)28(30)33)26(31)20-14-19(15(2)3)22(34-6)13-16(20)4/h8-11,13-15,25,29,31H,7,12H2,1-6H3/b26-24+. The molecule has 2 heterocycles. The molecule has 0 spiro atoms. The van der Waals surface area contributed by atoms with Crippen molar-refractivity contribution in [1.82, 2.24) is 9.88 Å². The molecule has 1 amide bonds. The van der Waals surface area contributed by atoms with Crippen molar-refractivity contribution in [2.24, 2.45) is 0 Å². The summed E-state index contributed by atoms with van der Waals surface area (Å²) < 4.78 is 5.55. The number of carbonyl (C=O) groups excluding carboxylic acids is 2. The Kier molecular flexibility index (Phi) is 6.26. The summed E-state index contributed by atoms with van der Waals surface area (Å²) in [5.74, 6) is -0.486. The van der Waals surface area contributed by atoms with Gasteiger partial charge in [-0.25, -0.2) is 0 Å². The molecule has 178 valence electrons. The SMILES string of the molecule is CCCN1C(=O)C(=O)/C(=C(/O)c2cc(C(C)C)c(OC)cc2C)C1c1c(C)[nH]c2ccccc12. The molecule has 4 rings (SSSR count). The number of nitrogens with zero attached hydrogens (tertiary/aromatic N) is 1. The van der Waals surface area contributed by atoms with E-state index < -0.39 is 17.7 Å². The number of amides is 1. The lowest BCUT2D eigenvalue weighted by Gasteiger charge is -2.25. The third-order valence-electron chi connectivity index (χ3n) is 6.68. The normalized spacial score (nSPS) is 17.9. The van der Waals surface area contributed by atoms with Crippen LogP contribution in [0.3, 0.4) is 0 Å². The number of methoxy groups -OCH3 is 1. The van der Waals surface area contributed by atoms with Gasteiger partial charge >= 0.3 is 0 Å². The Morgan fingerprint density at radius 1 is 1.18 bits per heavy atom. The van der Waals surface area contributed by atoms with Gasteiger partial charge in [0.25, 0.3) is 11.7 Å². The van der Waals surface area contributed by atoms with E-state index in [4.69, 9.17) is 4.74 Å². The molecule has 6 nitrogen and oxygen atoms in total. The number of aromatic amines is 1. The van der Waals surface area contributed by atoms with Gasteiger partial charge in [-0.15, -0.1) is 0 Å². The van der Waals surface area contributed by atoms with Gasteiger partial charge in [-0.3, -0.25) is 9.59 Å². The van der Waals surface area contributed by atoms with Gasteiger partial charge < -0.3 is 19.7 Å². The van der Waals surface area contributed by atoms with Gasteiger partial charge in [-0.1, -0.05) is 39.0 Å². The first kappa shape index (κ1) is 23.6. The summed E-state index contributed by atoms with van der Waals surface area (Å²) in [6.45, 7) is 10.3. The number of likely N-dealkylation sites (tertiary alicyclic amines) is 1. The Bertz CT molecular complexity index is 1320. The third kappa shape index (κ3) is 3.67. The summed E-state index contributed by atoms with van der Waals surface area (Å²) in [5.41, 5.74) is 5.03. The summed E-state index contributed by atoms with van der Waals surface area (Å²) in [4.78, 5) is 31.5. The lowest BCUT2D eigenvalue weighted by atomic mass is 9.90. The van der Waals surface area contributed by atoms with E-state index in [0.717, 1.165) is 39.0 Å². The summed E-state index contributed by atoms with van der Waals surface area (Å²) in [6, 6.07) is 10.9. The van der Waals surface area contributed by atoms with Crippen molar-refractivity contribution in [3.8, 4) is 5.75 Å². The van der Waals surface area contributed by atoms with Crippen LogP contribution in [-0.2, 0) is 9.59 Å². The number of aromatic nitrogens is 1. The van der Waals surface area contributed by atoms with E-state index in [2.05, 4.69) is 4.98 Å². The number of ketones is 1. The molecule has 0 aliphatic carbocycles. The van der Waals surface area contributed by atoms with Crippen LogP contribution in [0, 0.1) is 13.8 Å². The van der Waals surface area contributed by atoms with Gasteiger partial charge in [0.15, 0.2) is 0 Å². The number of aliphatic hydroxyl groups is 1. The number of para-hydroxylation sites is 1. The van der Waals surface area contributed by atoms with Crippen LogP contribution >= 0.6 is 0 Å². The predicted molar refractivity (Wildman–Crippen MR) is 134 cm³/mol. The van der Waals surface area contributed by atoms with Gasteiger partial charge in [0.05, 0.1) is 18.7 Å². The number of aryl methyl sites for hydroxylation is 2. The van der Waals surface area contributed by atoms with Crippen LogP contribution in [0.15, 0.2) is 42.0 Å². The van der Waals surface area contributed by atoms with E-state index in [0.29, 0.717) is 18.5 Å². The van der Waals surface area contributed by atoms with Gasteiger partial charge in [-0.2, -0.15) is 0 Å². The molecule has 1 aliphatic heterocycles. The molecule has 1 fully saturated rings. The zero-order valence-electron chi connectivity index (χ0n) is 20.7. The van der Waals surface area contributed by atoms with Crippen molar-refractivity contribution in [1.29, 1.82) is 0 Å². The molecule has 0 radical (unpaired) electrons. The summed E-state index contributed by atoms with van der Waals surface area (Å²) in [6.07, 6.45) is 0.698. The number of rotatable bonds is 6. The predicted octanol–water partition coefficient (Wildman–Crippen LogP) is 5.75. The number of H-pyrrole nitrogens is 1. The van der Waals surface area contributed by atoms with Gasteiger partial charge in [0, 0.05) is 34.3 Å². The van der Waals surface area contributed by atoms with Crippen molar-refractivity contribution in [2.75, 3.05) is 13.7 Å². The number of fused-ring (bicyclic) bond motifs is 1. The second-order valence-corrected chi connectivity index (χ2v) is 9.27. The first-order chi connectivity index (χ1) is 16.2. The molecule has 0 bridgehead atoms. The third-order valence-corrected chi connectivity index (χ3v) is 6.68. The second kappa shape index (κ2) is 9.01. The van der Waals surface area contributed by atoms with Gasteiger partial charge in [-0.05, 0) is 55.5 Å². The molecule has 1 atom stereocenters. The van der Waals surface area contributed by atoms with Crippen molar-refractivity contribution < 1.29 is 19.4 Å². The first-order valence-electron chi connectivity index (χ1n) is 11.8. The first-order valence-corrected chi connectivity index (χ1v) is 11.8.